The Kier molecular flexibility index (Phi) is 7.67. The lowest BCUT2D eigenvalue weighted by molar-refractivity contribution is 0.0990. The molecule has 41 heavy (non-hydrogen) atoms. The van der Waals surface area contributed by atoms with E-state index in [9.17, 15) is 14.4 Å². The maximum absolute atomic E-state index is 15.0. The van der Waals surface area contributed by atoms with Gasteiger partial charge in [-0.1, -0.05) is 17.7 Å². The quantitative estimate of drug-likeness (QED) is 0.231. The van der Waals surface area contributed by atoms with Gasteiger partial charge in [-0.25, -0.2) is 13.8 Å². The Labute approximate surface area is 239 Å². The number of carbonyl (C=O) groups is 1. The number of aryl methyl sites for hydroxylation is 1. The molecule has 0 atom stereocenters. The van der Waals surface area contributed by atoms with Gasteiger partial charge in [0.05, 0.1) is 17.6 Å². The number of hydrogen-bond acceptors (Lipinski definition) is 6. The second kappa shape index (κ2) is 11.3. The number of hydrogen-bond donors (Lipinski definition) is 0. The van der Waals surface area contributed by atoms with E-state index in [1.165, 1.54) is 35.0 Å². The topological polar surface area (TPSA) is 101 Å². The van der Waals surface area contributed by atoms with Crippen molar-refractivity contribution in [1.29, 1.82) is 0 Å². The zero-order valence-corrected chi connectivity index (χ0v) is 23.2. The fourth-order valence-corrected chi connectivity index (χ4v) is 4.41. The van der Waals surface area contributed by atoms with Gasteiger partial charge < -0.3 is 4.74 Å². The maximum Gasteiger partial charge on any atom is 0.335 e. The number of ether oxygens (including phenoxy) is 1. The van der Waals surface area contributed by atoms with Crippen LogP contribution in [0.1, 0.15) is 35.8 Å². The summed E-state index contributed by atoms with van der Waals surface area (Å²) in [6.07, 6.45) is 6.02. The first kappa shape index (κ1) is 27.7. The van der Waals surface area contributed by atoms with Crippen LogP contribution >= 0.6 is 11.6 Å². The lowest BCUT2D eigenvalue weighted by atomic mass is 10.0. The fourth-order valence-electron chi connectivity index (χ4n) is 4.28. The molecule has 0 N–H and O–H groups in total. The number of halogens is 2. The molecule has 11 heteroatoms. The first-order chi connectivity index (χ1) is 19.6. The van der Waals surface area contributed by atoms with Gasteiger partial charge in [0.2, 0.25) is 0 Å². The van der Waals surface area contributed by atoms with Crippen molar-refractivity contribution in [3.05, 3.63) is 122 Å². The molecule has 0 aliphatic carbocycles. The molecule has 0 bridgehead atoms. The average Bonchev–Trinajstić information content (AvgIpc) is 3.37. The van der Waals surface area contributed by atoms with E-state index in [-0.39, 0.29) is 29.5 Å². The Balaban J connectivity index is 1.41. The Morgan fingerprint density at radius 1 is 1.05 bits per heavy atom. The number of ketones is 1. The van der Waals surface area contributed by atoms with Crippen LogP contribution in [0.2, 0.25) is 5.02 Å². The smallest absolute Gasteiger partial charge is 0.335 e. The highest BCUT2D eigenvalue weighted by Gasteiger charge is 2.20. The van der Waals surface area contributed by atoms with E-state index in [4.69, 9.17) is 16.3 Å². The highest BCUT2D eigenvalue weighted by Crippen LogP contribution is 2.28. The summed E-state index contributed by atoms with van der Waals surface area (Å²) < 4.78 is 24.7. The molecule has 0 fully saturated rings. The Hall–Kier alpha value is -4.83. The lowest BCUT2D eigenvalue weighted by Gasteiger charge is -2.15. The predicted molar refractivity (Wildman–Crippen MR) is 153 cm³/mol. The van der Waals surface area contributed by atoms with Crippen molar-refractivity contribution in [3.8, 4) is 28.4 Å². The second-order valence-corrected chi connectivity index (χ2v) is 10.1. The largest absolute Gasteiger partial charge is 0.454 e. The zero-order chi connectivity index (χ0) is 29.3. The normalized spacial score (nSPS) is 11.2. The third-order valence-electron chi connectivity index (χ3n) is 6.38. The van der Waals surface area contributed by atoms with Gasteiger partial charge in [0.25, 0.3) is 5.56 Å². The Bertz CT molecular complexity index is 1880. The standard InChI is InChI=1S/C30H25ClFN5O4/c1-18(2)36-17-24(29(39)37(30(36)40)22-7-5-21(31)6-8-22)27(38)13-19-4-9-28(25(32)12-19)41-23-10-11-33-26(14-23)20-15-34-35(3)16-20/h4-12,14-18H,13H2,1-3H3. The van der Waals surface area contributed by atoms with Gasteiger partial charge in [0, 0.05) is 54.8 Å². The molecule has 0 amide bonds. The first-order valence-corrected chi connectivity index (χ1v) is 13.1. The predicted octanol–water partition coefficient (Wildman–Crippen LogP) is 5.39. The van der Waals surface area contributed by atoms with Crippen LogP contribution in [0.15, 0.2) is 89.0 Å². The van der Waals surface area contributed by atoms with E-state index in [1.807, 2.05) is 0 Å². The van der Waals surface area contributed by atoms with Gasteiger partial charge in [0.15, 0.2) is 17.3 Å². The summed E-state index contributed by atoms with van der Waals surface area (Å²) in [6.45, 7) is 3.53. The van der Waals surface area contributed by atoms with Gasteiger partial charge in [0.1, 0.15) is 11.3 Å². The minimum Gasteiger partial charge on any atom is -0.454 e. The van der Waals surface area contributed by atoms with Gasteiger partial charge in [-0.2, -0.15) is 5.10 Å². The molecular weight excluding hydrogens is 549 g/mol. The van der Waals surface area contributed by atoms with Gasteiger partial charge in [-0.3, -0.25) is 23.8 Å². The fraction of sp³-hybridized carbons (Fsp3) is 0.167. The highest BCUT2D eigenvalue weighted by molar-refractivity contribution is 6.30. The number of aromatic nitrogens is 5. The van der Waals surface area contributed by atoms with Crippen LogP contribution in [0, 0.1) is 5.82 Å². The molecule has 0 aliphatic rings. The molecule has 0 spiro atoms. The van der Waals surface area contributed by atoms with Crippen molar-refractivity contribution in [3.63, 3.8) is 0 Å². The van der Waals surface area contributed by atoms with E-state index in [0.29, 0.717) is 22.0 Å². The molecule has 3 aromatic heterocycles. The highest BCUT2D eigenvalue weighted by atomic mass is 35.5. The average molecular weight is 574 g/mol. The summed E-state index contributed by atoms with van der Waals surface area (Å²) in [7, 11) is 1.79. The number of pyridine rings is 1. The first-order valence-electron chi connectivity index (χ1n) is 12.7. The molecule has 3 heterocycles. The maximum atomic E-state index is 15.0. The van der Waals surface area contributed by atoms with Crippen LogP contribution < -0.4 is 16.0 Å². The second-order valence-electron chi connectivity index (χ2n) is 9.69. The summed E-state index contributed by atoms with van der Waals surface area (Å²) in [5.74, 6) is -0.903. The third-order valence-corrected chi connectivity index (χ3v) is 6.63. The molecule has 0 saturated carbocycles. The van der Waals surface area contributed by atoms with Gasteiger partial charge in [-0.05, 0) is 61.9 Å². The Morgan fingerprint density at radius 2 is 1.80 bits per heavy atom. The molecule has 5 aromatic rings. The van der Waals surface area contributed by atoms with E-state index in [1.54, 1.807) is 74.5 Å². The van der Waals surface area contributed by atoms with Crippen LogP contribution in [0.25, 0.3) is 16.9 Å². The molecule has 208 valence electrons. The number of nitrogens with zero attached hydrogens (tertiary/aromatic N) is 5. The van der Waals surface area contributed by atoms with E-state index >= 15 is 4.39 Å². The van der Waals surface area contributed by atoms with Crippen molar-refractivity contribution >= 4 is 17.4 Å². The summed E-state index contributed by atoms with van der Waals surface area (Å²) in [4.78, 5) is 44.0. The van der Waals surface area contributed by atoms with Crippen LogP contribution in [0.4, 0.5) is 4.39 Å². The van der Waals surface area contributed by atoms with E-state index in [0.717, 1.165) is 10.1 Å². The molecule has 2 aromatic carbocycles. The van der Waals surface area contributed by atoms with Crippen LogP contribution in [0.3, 0.4) is 0 Å². The molecule has 0 radical (unpaired) electrons. The number of benzene rings is 2. The van der Waals surface area contributed by atoms with Crippen molar-refractivity contribution < 1.29 is 13.9 Å². The minimum absolute atomic E-state index is 0.0389. The van der Waals surface area contributed by atoms with Crippen LogP contribution in [-0.2, 0) is 13.5 Å². The minimum atomic E-state index is -0.762. The summed E-state index contributed by atoms with van der Waals surface area (Å²) in [6, 6.07) is 13.3. The zero-order valence-electron chi connectivity index (χ0n) is 22.4. The molecule has 0 aliphatic heterocycles. The Morgan fingerprint density at radius 3 is 2.46 bits per heavy atom. The summed E-state index contributed by atoms with van der Waals surface area (Å²) in [5, 5.41) is 4.56. The van der Waals surface area contributed by atoms with Crippen LogP contribution in [-0.4, -0.2) is 29.7 Å². The summed E-state index contributed by atoms with van der Waals surface area (Å²) >= 11 is 5.96. The van der Waals surface area contributed by atoms with Crippen LogP contribution in [0.5, 0.6) is 11.5 Å². The summed E-state index contributed by atoms with van der Waals surface area (Å²) in [5.41, 5.74) is 0.486. The monoisotopic (exact) mass is 573 g/mol. The van der Waals surface area contributed by atoms with Crippen molar-refractivity contribution in [2.24, 2.45) is 7.05 Å². The van der Waals surface area contributed by atoms with Gasteiger partial charge in [-0.15, -0.1) is 0 Å². The van der Waals surface area contributed by atoms with Gasteiger partial charge >= 0.3 is 5.69 Å². The molecule has 9 nitrogen and oxygen atoms in total. The SMILES string of the molecule is CC(C)n1cc(C(=O)Cc2ccc(Oc3ccnc(-c4cnn(C)c4)c3)c(F)c2)c(=O)n(-c2ccc(Cl)cc2)c1=O. The van der Waals surface area contributed by atoms with E-state index < -0.39 is 22.8 Å². The third kappa shape index (κ3) is 5.87. The molecular formula is C30H25ClFN5O4. The van der Waals surface area contributed by atoms with Crippen molar-refractivity contribution in [2.45, 2.75) is 26.3 Å². The molecule has 5 rings (SSSR count). The van der Waals surface area contributed by atoms with Crippen molar-refractivity contribution in [2.75, 3.05) is 0 Å². The number of rotatable bonds is 8. The number of Topliss-reactive ketones (excluding diaryl/α,β-unsaturated/α-hetero) is 1. The van der Waals surface area contributed by atoms with Crippen molar-refractivity contribution in [1.82, 2.24) is 23.9 Å². The molecule has 0 unspecified atom stereocenters. The number of carbonyl (C=O) groups excluding carboxylic acids is 1. The lowest BCUT2D eigenvalue weighted by Crippen LogP contribution is -2.42. The molecule has 0 saturated heterocycles. The van der Waals surface area contributed by atoms with E-state index in [2.05, 4.69) is 10.1 Å².